The quantitative estimate of drug-likeness (QED) is 0.905. The van der Waals surface area contributed by atoms with E-state index in [1.807, 2.05) is 29.2 Å². The third-order valence-corrected chi connectivity index (χ3v) is 4.33. The predicted molar refractivity (Wildman–Crippen MR) is 78.1 cm³/mol. The summed E-state index contributed by atoms with van der Waals surface area (Å²) in [6.07, 6.45) is 1.23. The Bertz CT molecular complexity index is 473. The Kier molecular flexibility index (Phi) is 4.16. The molecule has 0 saturated carbocycles. The number of hydrogen-bond donors (Lipinski definition) is 1. The largest absolute Gasteiger partial charge is 0.342 e. The maximum Gasteiger partial charge on any atom is 0.227 e. The van der Waals surface area contributed by atoms with Crippen LogP contribution in [0, 0.1) is 5.41 Å². The summed E-state index contributed by atoms with van der Waals surface area (Å²) in [5.74, 6) is 0.132. The maximum absolute atomic E-state index is 12.3. The standard InChI is InChI=1S/C15H21ClN2O/c1-15(2)10-18(8-7-13(15)17)14(19)9-11-5-3-4-6-12(11)16/h3-6,13H,7-10,17H2,1-2H3. The Morgan fingerprint density at radius 1 is 1.47 bits per heavy atom. The number of carbonyl (C=O) groups is 1. The Balaban J connectivity index is 2.03. The highest BCUT2D eigenvalue weighted by atomic mass is 35.5. The van der Waals surface area contributed by atoms with E-state index in [0.717, 1.165) is 25.1 Å². The Morgan fingerprint density at radius 3 is 2.79 bits per heavy atom. The van der Waals surface area contributed by atoms with Gasteiger partial charge in [0.1, 0.15) is 0 Å². The van der Waals surface area contributed by atoms with E-state index in [2.05, 4.69) is 13.8 Å². The smallest absolute Gasteiger partial charge is 0.227 e. The van der Waals surface area contributed by atoms with E-state index >= 15 is 0 Å². The maximum atomic E-state index is 12.3. The molecule has 0 radical (unpaired) electrons. The third-order valence-electron chi connectivity index (χ3n) is 3.96. The number of rotatable bonds is 2. The van der Waals surface area contributed by atoms with E-state index in [9.17, 15) is 4.79 Å². The molecule has 104 valence electrons. The Hall–Kier alpha value is -1.06. The molecule has 0 aromatic heterocycles. The van der Waals surface area contributed by atoms with Gasteiger partial charge in [0.2, 0.25) is 5.91 Å². The SMILES string of the molecule is CC1(C)CN(C(=O)Cc2ccccc2Cl)CCC1N. The van der Waals surface area contributed by atoms with Crippen molar-refractivity contribution in [2.75, 3.05) is 13.1 Å². The molecule has 2 N–H and O–H groups in total. The zero-order valence-corrected chi connectivity index (χ0v) is 12.3. The topological polar surface area (TPSA) is 46.3 Å². The van der Waals surface area contributed by atoms with Crippen LogP contribution in [0.25, 0.3) is 0 Å². The molecule has 1 atom stereocenters. The van der Waals surface area contributed by atoms with Crippen molar-refractivity contribution in [2.24, 2.45) is 11.1 Å². The van der Waals surface area contributed by atoms with Crippen molar-refractivity contribution in [1.82, 2.24) is 4.90 Å². The van der Waals surface area contributed by atoms with Gasteiger partial charge in [-0.25, -0.2) is 0 Å². The van der Waals surface area contributed by atoms with Crippen LogP contribution in [0.1, 0.15) is 25.8 Å². The molecule has 0 spiro atoms. The minimum Gasteiger partial charge on any atom is -0.342 e. The molecule has 1 aromatic rings. The number of carbonyl (C=O) groups excluding carboxylic acids is 1. The average molecular weight is 281 g/mol. The number of halogens is 1. The number of piperidine rings is 1. The minimum absolute atomic E-state index is 0.0195. The molecule has 1 aromatic carbocycles. The summed E-state index contributed by atoms with van der Waals surface area (Å²) in [6, 6.07) is 7.67. The molecule has 1 amide bonds. The first-order chi connectivity index (χ1) is 8.90. The van der Waals surface area contributed by atoms with Crippen LogP contribution in [0.15, 0.2) is 24.3 Å². The second-order valence-electron chi connectivity index (χ2n) is 5.97. The lowest BCUT2D eigenvalue weighted by molar-refractivity contribution is -0.133. The summed E-state index contributed by atoms with van der Waals surface area (Å²) in [5.41, 5.74) is 6.96. The fourth-order valence-electron chi connectivity index (χ4n) is 2.50. The van der Waals surface area contributed by atoms with Gasteiger partial charge in [-0.1, -0.05) is 43.6 Å². The van der Waals surface area contributed by atoms with Crippen LogP contribution in [0.2, 0.25) is 5.02 Å². The van der Waals surface area contributed by atoms with E-state index < -0.39 is 0 Å². The number of nitrogens with zero attached hydrogens (tertiary/aromatic N) is 1. The first-order valence-corrected chi connectivity index (χ1v) is 7.05. The Labute approximate surface area is 119 Å². The van der Waals surface area contributed by atoms with Gasteiger partial charge >= 0.3 is 0 Å². The van der Waals surface area contributed by atoms with Crippen LogP contribution in [0.3, 0.4) is 0 Å². The lowest BCUT2D eigenvalue weighted by Gasteiger charge is -2.42. The van der Waals surface area contributed by atoms with Crippen molar-refractivity contribution in [2.45, 2.75) is 32.7 Å². The second kappa shape index (κ2) is 5.51. The van der Waals surface area contributed by atoms with Crippen molar-refractivity contribution in [3.8, 4) is 0 Å². The van der Waals surface area contributed by atoms with Gasteiger partial charge in [-0.3, -0.25) is 4.79 Å². The van der Waals surface area contributed by atoms with Crippen molar-refractivity contribution < 1.29 is 4.79 Å². The van der Waals surface area contributed by atoms with Crippen LogP contribution in [0.4, 0.5) is 0 Å². The van der Waals surface area contributed by atoms with Crippen molar-refractivity contribution in [1.29, 1.82) is 0 Å². The molecule has 1 aliphatic rings. The van der Waals surface area contributed by atoms with Gasteiger partial charge in [-0.2, -0.15) is 0 Å². The van der Waals surface area contributed by atoms with Gasteiger partial charge in [-0.05, 0) is 23.5 Å². The van der Waals surface area contributed by atoms with Gasteiger partial charge in [0.15, 0.2) is 0 Å². The van der Waals surface area contributed by atoms with E-state index in [4.69, 9.17) is 17.3 Å². The summed E-state index contributed by atoms with van der Waals surface area (Å²) in [4.78, 5) is 14.3. The van der Waals surface area contributed by atoms with Crippen LogP contribution in [0.5, 0.6) is 0 Å². The van der Waals surface area contributed by atoms with E-state index in [0.29, 0.717) is 11.4 Å². The van der Waals surface area contributed by atoms with Crippen molar-refractivity contribution in [3.05, 3.63) is 34.9 Å². The summed E-state index contributed by atoms with van der Waals surface area (Å²) < 4.78 is 0. The first kappa shape index (κ1) is 14.4. The average Bonchev–Trinajstić information content (AvgIpc) is 2.35. The number of amides is 1. The highest BCUT2D eigenvalue weighted by molar-refractivity contribution is 6.31. The molecule has 3 nitrogen and oxygen atoms in total. The summed E-state index contributed by atoms with van der Waals surface area (Å²) in [7, 11) is 0. The molecule has 1 saturated heterocycles. The summed E-state index contributed by atoms with van der Waals surface area (Å²) in [6.45, 7) is 5.70. The monoisotopic (exact) mass is 280 g/mol. The molecule has 4 heteroatoms. The van der Waals surface area contributed by atoms with Gasteiger partial charge in [-0.15, -0.1) is 0 Å². The molecule has 0 bridgehead atoms. The van der Waals surface area contributed by atoms with Crippen LogP contribution < -0.4 is 5.73 Å². The zero-order valence-electron chi connectivity index (χ0n) is 11.5. The molecule has 0 aliphatic carbocycles. The first-order valence-electron chi connectivity index (χ1n) is 6.67. The van der Waals surface area contributed by atoms with E-state index in [1.54, 1.807) is 0 Å². The third kappa shape index (κ3) is 3.28. The zero-order chi connectivity index (χ0) is 14.0. The second-order valence-corrected chi connectivity index (χ2v) is 6.37. The molecule has 2 rings (SSSR count). The molecule has 1 aliphatic heterocycles. The van der Waals surface area contributed by atoms with E-state index in [1.165, 1.54) is 0 Å². The van der Waals surface area contributed by atoms with Crippen LogP contribution >= 0.6 is 11.6 Å². The number of hydrogen-bond acceptors (Lipinski definition) is 2. The van der Waals surface area contributed by atoms with Gasteiger partial charge in [0.25, 0.3) is 0 Å². The molecule has 19 heavy (non-hydrogen) atoms. The van der Waals surface area contributed by atoms with Crippen LogP contribution in [-0.2, 0) is 11.2 Å². The fraction of sp³-hybridized carbons (Fsp3) is 0.533. The molecular weight excluding hydrogens is 260 g/mol. The van der Waals surface area contributed by atoms with Crippen LogP contribution in [-0.4, -0.2) is 29.9 Å². The summed E-state index contributed by atoms with van der Waals surface area (Å²) >= 11 is 6.10. The number of benzene rings is 1. The lowest BCUT2D eigenvalue weighted by Crippen LogP contribution is -2.54. The van der Waals surface area contributed by atoms with Crippen molar-refractivity contribution in [3.63, 3.8) is 0 Å². The predicted octanol–water partition coefficient (Wildman–Crippen LogP) is 2.47. The van der Waals surface area contributed by atoms with Gasteiger partial charge in [0, 0.05) is 24.2 Å². The molecule has 1 unspecified atom stereocenters. The van der Waals surface area contributed by atoms with Crippen molar-refractivity contribution >= 4 is 17.5 Å². The highest BCUT2D eigenvalue weighted by Crippen LogP contribution is 2.28. The summed E-state index contributed by atoms with van der Waals surface area (Å²) in [5, 5.41) is 0.656. The van der Waals surface area contributed by atoms with E-state index in [-0.39, 0.29) is 17.4 Å². The number of likely N-dealkylation sites (tertiary alicyclic amines) is 1. The minimum atomic E-state index is -0.0195. The highest BCUT2D eigenvalue weighted by Gasteiger charge is 2.35. The van der Waals surface area contributed by atoms with Gasteiger partial charge < -0.3 is 10.6 Å². The fourth-order valence-corrected chi connectivity index (χ4v) is 2.71. The molecule has 1 heterocycles. The lowest BCUT2D eigenvalue weighted by atomic mass is 9.79. The Morgan fingerprint density at radius 2 is 2.16 bits per heavy atom. The normalized spacial score (nSPS) is 22.3. The number of nitrogens with two attached hydrogens (primary N) is 1. The van der Waals surface area contributed by atoms with Gasteiger partial charge in [0.05, 0.1) is 6.42 Å². The molecular formula is C15H21ClN2O. The molecule has 1 fully saturated rings.